The Balaban J connectivity index is 2.66. The molecule has 1 aliphatic heterocycles. The quantitative estimate of drug-likeness (QED) is 0.888. The second-order valence-corrected chi connectivity index (χ2v) is 7.18. The van der Waals surface area contributed by atoms with Crippen molar-refractivity contribution >= 4 is 11.7 Å². The van der Waals surface area contributed by atoms with Gasteiger partial charge in [-0.25, -0.2) is 4.79 Å². The van der Waals surface area contributed by atoms with Gasteiger partial charge in [-0.05, 0) is 58.6 Å². The van der Waals surface area contributed by atoms with Crippen molar-refractivity contribution in [1.29, 1.82) is 0 Å². The lowest BCUT2D eigenvalue weighted by Gasteiger charge is -2.53. The van der Waals surface area contributed by atoms with Crippen LogP contribution in [0, 0.1) is 6.92 Å². The Labute approximate surface area is 121 Å². The van der Waals surface area contributed by atoms with Crippen molar-refractivity contribution < 1.29 is 9.90 Å². The zero-order valence-electron chi connectivity index (χ0n) is 13.3. The van der Waals surface area contributed by atoms with Gasteiger partial charge in [0.2, 0.25) is 0 Å². The molecule has 1 aliphatic rings. The lowest BCUT2D eigenvalue weighted by atomic mass is 9.77. The number of carbonyl (C=O) groups is 1. The molecule has 1 N–H and O–H groups in total. The van der Waals surface area contributed by atoms with Gasteiger partial charge in [-0.1, -0.05) is 24.6 Å². The summed E-state index contributed by atoms with van der Waals surface area (Å²) in [5, 5.41) is 9.63. The first-order valence-corrected chi connectivity index (χ1v) is 7.21. The van der Waals surface area contributed by atoms with Gasteiger partial charge in [-0.15, -0.1) is 0 Å². The molecule has 3 nitrogen and oxygen atoms in total. The molecular formula is C17H25NO2. The number of aliphatic carboxylic acids is 1. The Morgan fingerprint density at radius 1 is 1.40 bits per heavy atom. The smallest absolute Gasteiger partial charge is 0.328 e. The summed E-state index contributed by atoms with van der Waals surface area (Å²) < 4.78 is 0. The van der Waals surface area contributed by atoms with E-state index in [4.69, 9.17) is 0 Å². The van der Waals surface area contributed by atoms with Crippen molar-refractivity contribution in [3.05, 3.63) is 29.3 Å². The van der Waals surface area contributed by atoms with E-state index in [-0.39, 0.29) is 5.54 Å². The molecule has 0 aromatic heterocycles. The highest BCUT2D eigenvalue weighted by Crippen LogP contribution is 2.46. The summed E-state index contributed by atoms with van der Waals surface area (Å²) in [5.41, 5.74) is 2.45. The van der Waals surface area contributed by atoms with Crippen molar-refractivity contribution in [3.63, 3.8) is 0 Å². The van der Waals surface area contributed by atoms with Crippen LogP contribution in [0.3, 0.4) is 0 Å². The normalized spacial score (nSPS) is 21.5. The van der Waals surface area contributed by atoms with Crippen LogP contribution in [0.15, 0.2) is 18.2 Å². The van der Waals surface area contributed by atoms with Crippen LogP contribution in [-0.4, -0.2) is 22.2 Å². The van der Waals surface area contributed by atoms with Crippen LogP contribution in [0.4, 0.5) is 5.69 Å². The highest BCUT2D eigenvalue weighted by Gasteiger charge is 2.47. The summed E-state index contributed by atoms with van der Waals surface area (Å²) in [6.07, 6.45) is 0.958. The number of benzene rings is 1. The van der Waals surface area contributed by atoms with Crippen molar-refractivity contribution in [2.75, 3.05) is 4.90 Å². The van der Waals surface area contributed by atoms with Crippen LogP contribution in [0.5, 0.6) is 0 Å². The van der Waals surface area contributed by atoms with E-state index in [0.29, 0.717) is 5.92 Å². The maximum atomic E-state index is 11.7. The third-order valence-corrected chi connectivity index (χ3v) is 4.45. The summed E-state index contributed by atoms with van der Waals surface area (Å²) in [4.78, 5) is 13.8. The first-order valence-electron chi connectivity index (χ1n) is 7.21. The molecule has 0 spiro atoms. The molecule has 0 amide bonds. The van der Waals surface area contributed by atoms with E-state index in [0.717, 1.165) is 12.1 Å². The van der Waals surface area contributed by atoms with Crippen LogP contribution in [-0.2, 0) is 4.79 Å². The van der Waals surface area contributed by atoms with Crippen molar-refractivity contribution in [3.8, 4) is 0 Å². The Bertz CT molecular complexity index is 546. The van der Waals surface area contributed by atoms with Crippen LogP contribution < -0.4 is 4.90 Å². The minimum atomic E-state index is -0.923. The fourth-order valence-electron chi connectivity index (χ4n) is 3.70. The van der Waals surface area contributed by atoms with E-state index >= 15 is 0 Å². The van der Waals surface area contributed by atoms with E-state index < -0.39 is 11.5 Å². The molecule has 20 heavy (non-hydrogen) atoms. The molecule has 1 heterocycles. The molecule has 0 aliphatic carbocycles. The number of nitrogens with zero attached hydrogens (tertiary/aromatic N) is 1. The summed E-state index contributed by atoms with van der Waals surface area (Å²) in [6, 6.07) is 6.34. The van der Waals surface area contributed by atoms with Gasteiger partial charge in [0.05, 0.1) is 0 Å². The standard InChI is InChI=1S/C17H25NO2/c1-11-7-8-14-13(9-11)12(2)10-16(3,4)18(14)17(5,6)15(19)20/h7-9,12H,10H2,1-6H3,(H,19,20)/t12-/m0/s1. The maximum absolute atomic E-state index is 11.7. The number of anilines is 1. The predicted octanol–water partition coefficient (Wildman–Crippen LogP) is 3.95. The number of aryl methyl sites for hydroxylation is 1. The van der Waals surface area contributed by atoms with Crippen LogP contribution in [0.1, 0.15) is 58.1 Å². The lowest BCUT2D eigenvalue weighted by Crippen LogP contribution is -2.61. The van der Waals surface area contributed by atoms with Gasteiger partial charge in [0.25, 0.3) is 0 Å². The van der Waals surface area contributed by atoms with Gasteiger partial charge in [0.1, 0.15) is 5.54 Å². The Morgan fingerprint density at radius 3 is 2.55 bits per heavy atom. The minimum absolute atomic E-state index is 0.177. The van der Waals surface area contributed by atoms with Crippen LogP contribution in [0.2, 0.25) is 0 Å². The monoisotopic (exact) mass is 275 g/mol. The molecule has 1 aromatic carbocycles. The summed E-state index contributed by atoms with van der Waals surface area (Å²) in [6.45, 7) is 12.2. The second-order valence-electron chi connectivity index (χ2n) is 7.18. The Hall–Kier alpha value is -1.51. The van der Waals surface area contributed by atoms with Gasteiger partial charge in [-0.3, -0.25) is 0 Å². The third kappa shape index (κ3) is 2.19. The molecule has 1 aromatic rings. The average Bonchev–Trinajstić information content (AvgIpc) is 2.28. The van der Waals surface area contributed by atoms with Gasteiger partial charge >= 0.3 is 5.97 Å². The zero-order valence-corrected chi connectivity index (χ0v) is 13.3. The largest absolute Gasteiger partial charge is 0.480 e. The maximum Gasteiger partial charge on any atom is 0.328 e. The number of rotatable bonds is 2. The lowest BCUT2D eigenvalue weighted by molar-refractivity contribution is -0.142. The number of fused-ring (bicyclic) bond motifs is 1. The van der Waals surface area contributed by atoms with E-state index in [2.05, 4.69) is 50.8 Å². The fourth-order valence-corrected chi connectivity index (χ4v) is 3.70. The summed E-state index contributed by atoms with van der Waals surface area (Å²) in [5.74, 6) is -0.340. The first kappa shape index (κ1) is 14.9. The molecule has 0 saturated carbocycles. The predicted molar refractivity (Wildman–Crippen MR) is 82.5 cm³/mol. The van der Waals surface area contributed by atoms with Crippen molar-refractivity contribution in [2.45, 2.75) is 65.0 Å². The summed E-state index contributed by atoms with van der Waals surface area (Å²) >= 11 is 0. The molecule has 3 heteroatoms. The van der Waals surface area contributed by atoms with E-state index in [9.17, 15) is 9.90 Å². The molecule has 0 unspecified atom stereocenters. The summed E-state index contributed by atoms with van der Waals surface area (Å²) in [7, 11) is 0. The van der Waals surface area contributed by atoms with Crippen molar-refractivity contribution in [2.24, 2.45) is 0 Å². The van der Waals surface area contributed by atoms with Crippen LogP contribution in [0.25, 0.3) is 0 Å². The number of carboxylic acids is 1. The highest BCUT2D eigenvalue weighted by molar-refractivity contribution is 5.84. The topological polar surface area (TPSA) is 40.5 Å². The van der Waals surface area contributed by atoms with E-state index in [1.807, 2.05) is 0 Å². The number of carboxylic acid groups (broad SMARTS) is 1. The second kappa shape index (κ2) is 4.51. The zero-order chi connectivity index (χ0) is 15.3. The van der Waals surface area contributed by atoms with Crippen molar-refractivity contribution in [1.82, 2.24) is 0 Å². The van der Waals surface area contributed by atoms with Crippen LogP contribution >= 0.6 is 0 Å². The molecule has 0 radical (unpaired) electrons. The van der Waals surface area contributed by atoms with Gasteiger partial charge < -0.3 is 10.0 Å². The SMILES string of the molecule is Cc1ccc2c(c1)[C@@H](C)CC(C)(C)N2C(C)(C)C(=O)O. The van der Waals surface area contributed by atoms with Gasteiger partial charge in [-0.2, -0.15) is 0 Å². The highest BCUT2D eigenvalue weighted by atomic mass is 16.4. The van der Waals surface area contributed by atoms with E-state index in [1.165, 1.54) is 11.1 Å². The molecule has 110 valence electrons. The van der Waals surface area contributed by atoms with Gasteiger partial charge in [0.15, 0.2) is 0 Å². The molecule has 2 rings (SSSR count). The third-order valence-electron chi connectivity index (χ3n) is 4.45. The first-order chi connectivity index (χ1) is 9.07. The molecule has 0 saturated heterocycles. The molecule has 1 atom stereocenters. The Morgan fingerprint density at radius 2 is 2.00 bits per heavy atom. The molecular weight excluding hydrogens is 250 g/mol. The number of hydrogen-bond donors (Lipinski definition) is 1. The van der Waals surface area contributed by atoms with Gasteiger partial charge in [0, 0.05) is 11.2 Å². The minimum Gasteiger partial charge on any atom is -0.480 e. The number of hydrogen-bond acceptors (Lipinski definition) is 2. The molecule has 0 bridgehead atoms. The van der Waals surface area contributed by atoms with E-state index in [1.54, 1.807) is 13.8 Å². The fraction of sp³-hybridized carbons (Fsp3) is 0.588. The molecule has 0 fully saturated rings. The Kier molecular flexibility index (Phi) is 3.35. The average molecular weight is 275 g/mol.